The quantitative estimate of drug-likeness (QED) is 0.373. The largest absolute Gasteiger partial charge is 0.434 e. The van der Waals surface area contributed by atoms with Crippen LogP contribution >= 0.6 is 0 Å². The molecule has 138 valence electrons. The normalized spacial score (nSPS) is 10.6. The number of aryl methyl sites for hydroxylation is 1. The van der Waals surface area contributed by atoms with E-state index in [4.69, 9.17) is 4.74 Å². The van der Waals surface area contributed by atoms with Crippen LogP contribution in [0.1, 0.15) is 5.56 Å². The fourth-order valence-corrected chi connectivity index (χ4v) is 2.90. The zero-order valence-electron chi connectivity index (χ0n) is 15.0. The van der Waals surface area contributed by atoms with Crippen LogP contribution in [-0.4, -0.2) is 14.9 Å². The third-order valence-electron chi connectivity index (χ3n) is 4.19. The van der Waals surface area contributed by atoms with Crippen LogP contribution in [0.2, 0.25) is 0 Å². The van der Waals surface area contributed by atoms with Crippen molar-refractivity contribution < 1.29 is 9.66 Å². The molecule has 0 unspecified atom stereocenters. The Bertz CT molecular complexity index is 1180. The predicted octanol–water partition coefficient (Wildman–Crippen LogP) is 5.38. The summed E-state index contributed by atoms with van der Waals surface area (Å²) in [4.78, 5) is 19.2. The summed E-state index contributed by atoms with van der Waals surface area (Å²) in [6.45, 7) is 1.94. The van der Waals surface area contributed by atoms with Crippen molar-refractivity contribution in [2.75, 3.05) is 5.32 Å². The summed E-state index contributed by atoms with van der Waals surface area (Å²) < 4.78 is 5.75. The van der Waals surface area contributed by atoms with E-state index in [2.05, 4.69) is 15.3 Å². The van der Waals surface area contributed by atoms with Crippen molar-refractivity contribution in [1.29, 1.82) is 0 Å². The highest BCUT2D eigenvalue weighted by molar-refractivity contribution is 5.83. The molecule has 0 bridgehead atoms. The van der Waals surface area contributed by atoms with Gasteiger partial charge >= 0.3 is 11.6 Å². The van der Waals surface area contributed by atoms with Crippen molar-refractivity contribution in [3.8, 4) is 11.6 Å². The SMILES string of the molecule is Cc1cccc(Nc2ncnc(Oc3ccc4ccccc4c3)c2[N+](=O)[O-])c1. The molecule has 0 saturated heterocycles. The number of nitrogens with zero attached hydrogens (tertiary/aromatic N) is 3. The van der Waals surface area contributed by atoms with Crippen LogP contribution in [0.25, 0.3) is 10.8 Å². The maximum Gasteiger partial charge on any atom is 0.373 e. The lowest BCUT2D eigenvalue weighted by Gasteiger charge is -2.10. The first kappa shape index (κ1) is 17.4. The van der Waals surface area contributed by atoms with E-state index in [9.17, 15) is 10.1 Å². The van der Waals surface area contributed by atoms with E-state index in [0.29, 0.717) is 11.4 Å². The summed E-state index contributed by atoms with van der Waals surface area (Å²) in [7, 11) is 0. The minimum absolute atomic E-state index is 0.0707. The number of anilines is 2. The fourth-order valence-electron chi connectivity index (χ4n) is 2.90. The minimum atomic E-state index is -0.547. The Hall–Kier alpha value is -4.00. The lowest BCUT2D eigenvalue weighted by atomic mass is 10.1. The van der Waals surface area contributed by atoms with E-state index in [1.165, 1.54) is 6.33 Å². The van der Waals surface area contributed by atoms with Gasteiger partial charge in [-0.25, -0.2) is 4.98 Å². The van der Waals surface area contributed by atoms with Crippen LogP contribution in [0.3, 0.4) is 0 Å². The van der Waals surface area contributed by atoms with Gasteiger partial charge < -0.3 is 10.1 Å². The zero-order chi connectivity index (χ0) is 19.5. The molecule has 0 aliphatic rings. The van der Waals surface area contributed by atoms with Crippen LogP contribution in [-0.2, 0) is 0 Å². The standard InChI is InChI=1S/C21H16N4O3/c1-14-5-4-8-17(11-14)24-20-19(25(26)27)21(23-13-22-20)28-18-10-9-15-6-2-3-7-16(15)12-18/h2-13H,1H3,(H,22,23,24). The number of hydrogen-bond acceptors (Lipinski definition) is 6. The van der Waals surface area contributed by atoms with Gasteiger partial charge in [0, 0.05) is 5.69 Å². The highest BCUT2D eigenvalue weighted by Crippen LogP contribution is 2.36. The fraction of sp³-hybridized carbons (Fsp3) is 0.0476. The van der Waals surface area contributed by atoms with Gasteiger partial charge in [-0.15, -0.1) is 0 Å². The molecule has 3 aromatic carbocycles. The van der Waals surface area contributed by atoms with Crippen LogP contribution < -0.4 is 10.1 Å². The Morgan fingerprint density at radius 1 is 0.964 bits per heavy atom. The number of hydrogen-bond donors (Lipinski definition) is 1. The topological polar surface area (TPSA) is 90.2 Å². The number of ether oxygens (including phenoxy) is 1. The summed E-state index contributed by atoms with van der Waals surface area (Å²) in [6.07, 6.45) is 1.24. The average molecular weight is 372 g/mol. The molecule has 4 aromatic rings. The molecule has 0 aliphatic carbocycles. The third kappa shape index (κ3) is 3.59. The lowest BCUT2D eigenvalue weighted by molar-refractivity contribution is -0.385. The van der Waals surface area contributed by atoms with E-state index in [1.54, 1.807) is 6.07 Å². The minimum Gasteiger partial charge on any atom is -0.434 e. The average Bonchev–Trinajstić information content (AvgIpc) is 2.68. The second-order valence-corrected chi connectivity index (χ2v) is 6.24. The van der Waals surface area contributed by atoms with E-state index in [1.807, 2.05) is 67.6 Å². The molecule has 0 aliphatic heterocycles. The van der Waals surface area contributed by atoms with Gasteiger partial charge in [-0.05, 0) is 47.5 Å². The Balaban J connectivity index is 1.71. The van der Waals surface area contributed by atoms with E-state index < -0.39 is 4.92 Å². The summed E-state index contributed by atoms with van der Waals surface area (Å²) >= 11 is 0. The number of benzene rings is 3. The maximum absolute atomic E-state index is 11.7. The van der Waals surface area contributed by atoms with Crippen LogP contribution in [0.5, 0.6) is 11.6 Å². The molecule has 0 atom stereocenters. The molecule has 0 saturated carbocycles. The Kier molecular flexibility index (Phi) is 4.55. The summed E-state index contributed by atoms with van der Waals surface area (Å²) in [5.41, 5.74) is 1.39. The van der Waals surface area contributed by atoms with E-state index >= 15 is 0 Å². The number of aromatic nitrogens is 2. The second kappa shape index (κ2) is 7.32. The molecule has 1 aromatic heterocycles. The van der Waals surface area contributed by atoms with Gasteiger partial charge in [-0.2, -0.15) is 4.98 Å². The smallest absolute Gasteiger partial charge is 0.373 e. The first-order valence-corrected chi connectivity index (χ1v) is 8.60. The Morgan fingerprint density at radius 2 is 1.79 bits per heavy atom. The molecule has 0 radical (unpaired) electrons. The van der Waals surface area contributed by atoms with Gasteiger partial charge in [0.25, 0.3) is 0 Å². The van der Waals surface area contributed by atoms with Crippen molar-refractivity contribution in [2.45, 2.75) is 6.92 Å². The van der Waals surface area contributed by atoms with Gasteiger partial charge in [0.1, 0.15) is 12.1 Å². The molecule has 1 heterocycles. The molecule has 28 heavy (non-hydrogen) atoms. The first-order chi connectivity index (χ1) is 13.6. The third-order valence-corrected chi connectivity index (χ3v) is 4.19. The molecule has 1 N–H and O–H groups in total. The number of rotatable bonds is 5. The van der Waals surface area contributed by atoms with Crippen molar-refractivity contribution in [3.05, 3.63) is 88.7 Å². The molecular weight excluding hydrogens is 356 g/mol. The Morgan fingerprint density at radius 3 is 2.57 bits per heavy atom. The number of nitrogens with one attached hydrogen (secondary N) is 1. The van der Waals surface area contributed by atoms with Gasteiger partial charge in [-0.1, -0.05) is 42.5 Å². The Labute approximate surface area is 160 Å². The highest BCUT2D eigenvalue weighted by Gasteiger charge is 2.25. The summed E-state index contributed by atoms with van der Waals surface area (Å²) in [5, 5.41) is 16.7. The zero-order valence-corrected chi connectivity index (χ0v) is 15.0. The maximum atomic E-state index is 11.7. The van der Waals surface area contributed by atoms with Crippen molar-refractivity contribution in [3.63, 3.8) is 0 Å². The second-order valence-electron chi connectivity index (χ2n) is 6.24. The van der Waals surface area contributed by atoms with E-state index in [0.717, 1.165) is 16.3 Å². The van der Waals surface area contributed by atoms with Crippen LogP contribution in [0.15, 0.2) is 73.1 Å². The monoisotopic (exact) mass is 372 g/mol. The molecule has 0 fully saturated rings. The molecule has 0 spiro atoms. The highest BCUT2D eigenvalue weighted by atomic mass is 16.6. The molecule has 4 rings (SSSR count). The predicted molar refractivity (Wildman–Crippen MR) is 107 cm³/mol. The number of fused-ring (bicyclic) bond motifs is 1. The lowest BCUT2D eigenvalue weighted by Crippen LogP contribution is -2.03. The van der Waals surface area contributed by atoms with Crippen molar-refractivity contribution >= 4 is 28.0 Å². The molecule has 7 nitrogen and oxygen atoms in total. The van der Waals surface area contributed by atoms with E-state index in [-0.39, 0.29) is 17.4 Å². The van der Waals surface area contributed by atoms with Crippen molar-refractivity contribution in [2.24, 2.45) is 0 Å². The summed E-state index contributed by atoms with van der Waals surface area (Å²) in [5.74, 6) is 0.411. The van der Waals surface area contributed by atoms with Gasteiger partial charge in [0.15, 0.2) is 0 Å². The molecule has 0 amide bonds. The van der Waals surface area contributed by atoms with Crippen LogP contribution in [0, 0.1) is 17.0 Å². The molecule has 7 heteroatoms. The number of nitro groups is 1. The van der Waals surface area contributed by atoms with Crippen molar-refractivity contribution in [1.82, 2.24) is 9.97 Å². The van der Waals surface area contributed by atoms with Gasteiger partial charge in [0.05, 0.1) is 4.92 Å². The van der Waals surface area contributed by atoms with Crippen LogP contribution in [0.4, 0.5) is 17.2 Å². The van der Waals surface area contributed by atoms with Gasteiger partial charge in [0.2, 0.25) is 5.82 Å². The molecular formula is C21H16N4O3. The van der Waals surface area contributed by atoms with Gasteiger partial charge in [-0.3, -0.25) is 10.1 Å². The summed E-state index contributed by atoms with van der Waals surface area (Å²) in [6, 6.07) is 20.7. The first-order valence-electron chi connectivity index (χ1n) is 8.60.